The number of amides is 1. The molecule has 1 atom stereocenters. The lowest BCUT2D eigenvalue weighted by Gasteiger charge is -2.26. The van der Waals surface area contributed by atoms with Crippen molar-refractivity contribution in [1.29, 1.82) is 0 Å². The van der Waals surface area contributed by atoms with Crippen LogP contribution in [0, 0.1) is 6.92 Å². The molecule has 9 heteroatoms. The van der Waals surface area contributed by atoms with Crippen LogP contribution in [0.25, 0.3) is 22.2 Å². The van der Waals surface area contributed by atoms with E-state index in [2.05, 4.69) is 17.6 Å². The number of hydrogen-bond acceptors (Lipinski definition) is 6. The third-order valence-electron chi connectivity index (χ3n) is 7.23. The monoisotopic (exact) mass is 594 g/mol. The van der Waals surface area contributed by atoms with Gasteiger partial charge in [-0.1, -0.05) is 74.0 Å². The Labute approximate surface area is 253 Å². The molecule has 0 bridgehead atoms. The van der Waals surface area contributed by atoms with Gasteiger partial charge in [0.25, 0.3) is 5.91 Å². The van der Waals surface area contributed by atoms with Gasteiger partial charge in [-0.15, -0.1) is 0 Å². The van der Waals surface area contributed by atoms with Crippen LogP contribution in [0.15, 0.2) is 91.0 Å². The van der Waals surface area contributed by atoms with Crippen LogP contribution in [-0.2, 0) is 29.0 Å². The number of carbonyl (C=O) groups excluding carboxylic acids is 2. The molecule has 5 aromatic rings. The summed E-state index contributed by atoms with van der Waals surface area (Å²) in [7, 11) is 0. The van der Waals surface area contributed by atoms with Crippen LogP contribution in [0.2, 0.25) is 0 Å². The largest absolute Gasteiger partial charge is 0.755 e. The van der Waals surface area contributed by atoms with Gasteiger partial charge in [0.15, 0.2) is 5.69 Å². The van der Waals surface area contributed by atoms with E-state index in [0.29, 0.717) is 12.1 Å². The maximum Gasteiger partial charge on any atom is 0.357 e. The number of anilines is 1. The van der Waals surface area contributed by atoms with Crippen LogP contribution in [0.4, 0.5) is 5.69 Å². The van der Waals surface area contributed by atoms with Gasteiger partial charge in [-0.05, 0) is 67.3 Å². The van der Waals surface area contributed by atoms with Crippen LogP contribution >= 0.6 is 0 Å². The molecule has 2 heterocycles. The first-order chi connectivity index (χ1) is 20.8. The Balaban J connectivity index is 1.50. The van der Waals surface area contributed by atoms with E-state index in [0.717, 1.165) is 50.6 Å². The highest BCUT2D eigenvalue weighted by Crippen LogP contribution is 2.33. The van der Waals surface area contributed by atoms with Gasteiger partial charge in [0.05, 0.1) is 23.6 Å². The van der Waals surface area contributed by atoms with Gasteiger partial charge in [-0.3, -0.25) is 9.00 Å². The molecule has 2 aromatic heterocycles. The van der Waals surface area contributed by atoms with E-state index in [-0.39, 0.29) is 23.6 Å². The number of fused-ring (bicyclic) bond motifs is 1. The molecule has 0 saturated carbocycles. The zero-order chi connectivity index (χ0) is 30.5. The molecular weight excluding hydrogens is 562 g/mol. The lowest BCUT2D eigenvalue weighted by atomic mass is 10.0. The standard InChI is InChI=1S/C34H33N3O5S/c1-4-11-27-21-29-23(3)20-30(34(39)42-5-2)35-32(29)36(27)22-24-16-18-25(19-17-24)28-14-9-10-15-31(28)37(43(40)41)33(38)26-12-7-6-8-13-26/h6-10,12-21H,4-5,11,22H2,1-3H3,(H,40,41)/p-1. The maximum atomic E-state index is 13.2. The molecule has 0 aliphatic heterocycles. The zero-order valence-corrected chi connectivity index (χ0v) is 25.1. The fraction of sp³-hybridized carbons (Fsp3) is 0.206. The van der Waals surface area contributed by atoms with Crippen LogP contribution < -0.4 is 4.31 Å². The Kier molecular flexibility index (Phi) is 9.13. The van der Waals surface area contributed by atoms with E-state index < -0.39 is 23.1 Å². The van der Waals surface area contributed by atoms with Crippen LogP contribution in [0.3, 0.4) is 0 Å². The molecule has 0 N–H and O–H groups in total. The lowest BCUT2D eigenvalue weighted by Crippen LogP contribution is -2.33. The van der Waals surface area contributed by atoms with Crippen molar-refractivity contribution in [1.82, 2.24) is 9.55 Å². The summed E-state index contributed by atoms with van der Waals surface area (Å²) in [6, 6.07) is 27.0. The number of aryl methyl sites for hydroxylation is 2. The summed E-state index contributed by atoms with van der Waals surface area (Å²) in [6.07, 6.45) is 1.81. The van der Waals surface area contributed by atoms with Gasteiger partial charge in [-0.25, -0.2) is 14.1 Å². The van der Waals surface area contributed by atoms with Gasteiger partial charge in [-0.2, -0.15) is 0 Å². The molecule has 5 rings (SSSR count). The molecule has 1 amide bonds. The number of nitrogens with zero attached hydrogens (tertiary/aromatic N) is 3. The summed E-state index contributed by atoms with van der Waals surface area (Å²) in [5.41, 5.74) is 6.01. The molecule has 3 aromatic carbocycles. The molecule has 0 fully saturated rings. The van der Waals surface area contributed by atoms with Gasteiger partial charge in [0, 0.05) is 28.8 Å². The summed E-state index contributed by atoms with van der Waals surface area (Å²) < 4.78 is 32.8. The number of hydrogen-bond donors (Lipinski definition) is 0. The molecule has 0 radical (unpaired) electrons. The second-order valence-corrected chi connectivity index (χ2v) is 11.0. The minimum atomic E-state index is -2.83. The van der Waals surface area contributed by atoms with Gasteiger partial charge in [0.2, 0.25) is 0 Å². The predicted molar refractivity (Wildman–Crippen MR) is 168 cm³/mol. The van der Waals surface area contributed by atoms with Crippen molar-refractivity contribution in [3.05, 3.63) is 119 Å². The minimum Gasteiger partial charge on any atom is -0.755 e. The Morgan fingerprint density at radius 1 is 0.953 bits per heavy atom. The first-order valence-corrected chi connectivity index (χ1v) is 15.2. The summed E-state index contributed by atoms with van der Waals surface area (Å²) in [5.74, 6) is -1.08. The summed E-state index contributed by atoms with van der Waals surface area (Å²) in [5, 5.41) is 0.996. The summed E-state index contributed by atoms with van der Waals surface area (Å²) in [6.45, 7) is 6.67. The maximum absolute atomic E-state index is 13.2. The molecule has 0 spiro atoms. The normalized spacial score (nSPS) is 11.8. The molecular formula is C34H32N3O5S-. The molecule has 43 heavy (non-hydrogen) atoms. The molecule has 0 saturated heterocycles. The van der Waals surface area contributed by atoms with Crippen molar-refractivity contribution >= 4 is 39.9 Å². The smallest absolute Gasteiger partial charge is 0.357 e. The van der Waals surface area contributed by atoms with Crippen LogP contribution in [0.1, 0.15) is 57.9 Å². The Morgan fingerprint density at radius 3 is 2.33 bits per heavy atom. The highest BCUT2D eigenvalue weighted by molar-refractivity contribution is 7.81. The topological polar surface area (TPSA) is 105 Å². The van der Waals surface area contributed by atoms with Crippen molar-refractivity contribution < 1.29 is 23.1 Å². The molecule has 0 aliphatic rings. The van der Waals surface area contributed by atoms with E-state index >= 15 is 0 Å². The molecule has 1 unspecified atom stereocenters. The van der Waals surface area contributed by atoms with Gasteiger partial charge in [0.1, 0.15) is 5.65 Å². The average molecular weight is 595 g/mol. The Morgan fingerprint density at radius 2 is 1.65 bits per heavy atom. The third-order valence-corrected chi connectivity index (χ3v) is 7.89. The first kappa shape index (κ1) is 29.9. The van der Waals surface area contributed by atoms with Crippen LogP contribution in [0.5, 0.6) is 0 Å². The number of benzene rings is 3. The van der Waals surface area contributed by atoms with Crippen molar-refractivity contribution in [2.24, 2.45) is 0 Å². The van der Waals surface area contributed by atoms with Gasteiger partial charge >= 0.3 is 5.97 Å². The van der Waals surface area contributed by atoms with E-state index in [1.807, 2.05) is 37.3 Å². The van der Waals surface area contributed by atoms with E-state index in [1.54, 1.807) is 61.5 Å². The summed E-state index contributed by atoms with van der Waals surface area (Å²) >= 11 is -2.83. The second kappa shape index (κ2) is 13.1. The van der Waals surface area contributed by atoms with Crippen molar-refractivity contribution in [2.45, 2.75) is 40.2 Å². The van der Waals surface area contributed by atoms with Gasteiger partial charge < -0.3 is 13.9 Å². The highest BCUT2D eigenvalue weighted by Gasteiger charge is 2.22. The minimum absolute atomic E-state index is 0.269. The lowest BCUT2D eigenvalue weighted by molar-refractivity contribution is 0.0519. The van der Waals surface area contributed by atoms with E-state index in [1.165, 1.54) is 0 Å². The van der Waals surface area contributed by atoms with Crippen molar-refractivity contribution in [2.75, 3.05) is 10.9 Å². The number of pyridine rings is 1. The summed E-state index contributed by atoms with van der Waals surface area (Å²) in [4.78, 5) is 30.4. The average Bonchev–Trinajstić information content (AvgIpc) is 3.35. The number of carbonyl (C=O) groups is 2. The van der Waals surface area contributed by atoms with Crippen LogP contribution in [-0.4, -0.2) is 36.8 Å². The third kappa shape index (κ3) is 6.28. The Bertz CT molecular complexity index is 1800. The van der Waals surface area contributed by atoms with E-state index in [4.69, 9.17) is 9.72 Å². The fourth-order valence-electron chi connectivity index (χ4n) is 5.20. The molecule has 8 nitrogen and oxygen atoms in total. The Hall–Kier alpha value is -4.60. The van der Waals surface area contributed by atoms with E-state index in [9.17, 15) is 18.4 Å². The SMILES string of the molecule is CCCc1cc2c(C)cc(C(=O)OCC)nc2n1Cc1ccc(-c2ccccc2N(C(=O)c2ccccc2)S(=O)[O-])cc1. The number of esters is 1. The first-order valence-electron chi connectivity index (χ1n) is 14.2. The molecule has 220 valence electrons. The number of ether oxygens (including phenoxy) is 1. The predicted octanol–water partition coefficient (Wildman–Crippen LogP) is 6.63. The number of rotatable bonds is 10. The highest BCUT2D eigenvalue weighted by atomic mass is 32.2. The van der Waals surface area contributed by atoms with Crippen molar-refractivity contribution in [3.63, 3.8) is 0 Å². The second-order valence-electron chi connectivity index (χ2n) is 10.2. The van der Waals surface area contributed by atoms with Crippen molar-refractivity contribution in [3.8, 4) is 11.1 Å². The fourth-order valence-corrected chi connectivity index (χ4v) is 5.76. The number of aromatic nitrogens is 2. The zero-order valence-electron chi connectivity index (χ0n) is 24.3. The number of para-hydroxylation sites is 1. The molecule has 0 aliphatic carbocycles. The quantitative estimate of drug-likeness (QED) is 0.133.